The van der Waals surface area contributed by atoms with Gasteiger partial charge in [-0.2, -0.15) is 0 Å². The molecule has 0 bridgehead atoms. The zero-order valence-corrected chi connectivity index (χ0v) is 16.9. The number of hydrogen-bond acceptors (Lipinski definition) is 4. The summed E-state index contributed by atoms with van der Waals surface area (Å²) in [5.41, 5.74) is 0. The Balaban J connectivity index is 3.85. The van der Waals surface area contributed by atoms with Crippen molar-refractivity contribution in [2.45, 2.75) is 72.3 Å². The molecule has 0 N–H and O–H groups in total. The Bertz CT molecular complexity index is 245. The molecule has 0 fully saturated rings. The molecule has 0 aromatic carbocycles. The summed E-state index contributed by atoms with van der Waals surface area (Å²) in [7, 11) is -2.42. The van der Waals surface area contributed by atoms with E-state index in [0.717, 1.165) is 18.2 Å². The Hall–Kier alpha value is 0.187. The Kier molecular flexibility index (Phi) is 16.2. The van der Waals surface area contributed by atoms with Gasteiger partial charge in [-0.3, -0.25) is 0 Å². The fourth-order valence-corrected chi connectivity index (χ4v) is 5.85. The molecule has 0 unspecified atom stereocenters. The average Bonchev–Trinajstić information content (AvgIpc) is 2.50. The summed E-state index contributed by atoms with van der Waals surface area (Å²) in [6.07, 6.45) is 9.94. The first-order chi connectivity index (χ1) is 10.7. The average molecular weight is 349 g/mol. The molecule has 0 spiro atoms. The van der Waals surface area contributed by atoms with E-state index in [-0.39, 0.29) is 0 Å². The lowest BCUT2D eigenvalue weighted by atomic mass is 10.2. The van der Waals surface area contributed by atoms with E-state index in [0.29, 0.717) is 19.8 Å². The van der Waals surface area contributed by atoms with Gasteiger partial charge in [0.1, 0.15) is 0 Å². The molecule has 0 saturated heterocycles. The third-order valence-electron chi connectivity index (χ3n) is 3.25. The van der Waals surface area contributed by atoms with Gasteiger partial charge < -0.3 is 13.3 Å². The van der Waals surface area contributed by atoms with Crippen molar-refractivity contribution in [1.29, 1.82) is 0 Å². The van der Waals surface area contributed by atoms with Crippen LogP contribution in [0.25, 0.3) is 0 Å². The molecule has 0 aliphatic rings. The minimum absolute atomic E-state index is 0.664. The summed E-state index contributed by atoms with van der Waals surface area (Å²) in [5, 5.41) is 2.25. The summed E-state index contributed by atoms with van der Waals surface area (Å²) < 4.78 is 17.6. The first-order valence-electron chi connectivity index (χ1n) is 8.93. The second-order valence-electron chi connectivity index (χ2n) is 5.18. The van der Waals surface area contributed by atoms with Crippen LogP contribution in [0, 0.1) is 0 Å². The topological polar surface area (TPSA) is 27.7 Å². The summed E-state index contributed by atoms with van der Waals surface area (Å²) in [6, 6.07) is 0.917. The van der Waals surface area contributed by atoms with E-state index in [1.54, 1.807) is 0 Å². The highest BCUT2D eigenvalue weighted by Crippen LogP contribution is 2.20. The van der Waals surface area contributed by atoms with Crippen molar-refractivity contribution in [3.05, 3.63) is 11.5 Å². The van der Waals surface area contributed by atoms with Gasteiger partial charge >= 0.3 is 8.80 Å². The predicted octanol–water partition coefficient (Wildman–Crippen LogP) is 5.64. The third kappa shape index (κ3) is 11.7. The van der Waals surface area contributed by atoms with Crippen molar-refractivity contribution in [2.24, 2.45) is 0 Å². The summed E-state index contributed by atoms with van der Waals surface area (Å²) in [6.45, 7) is 10.3. The van der Waals surface area contributed by atoms with Crippen molar-refractivity contribution < 1.29 is 13.3 Å². The molecule has 0 radical (unpaired) electrons. The predicted molar refractivity (Wildman–Crippen MR) is 100 cm³/mol. The highest BCUT2D eigenvalue weighted by atomic mass is 32.2. The number of allylic oxidation sites excluding steroid dienone is 1. The van der Waals surface area contributed by atoms with Crippen molar-refractivity contribution in [1.82, 2.24) is 0 Å². The fourth-order valence-electron chi connectivity index (χ4n) is 2.27. The molecule has 0 aliphatic carbocycles. The van der Waals surface area contributed by atoms with Crippen LogP contribution in [0.1, 0.15) is 66.2 Å². The summed E-state index contributed by atoms with van der Waals surface area (Å²) in [5.74, 6) is 1.10. The lowest BCUT2D eigenvalue weighted by molar-refractivity contribution is 0.0712. The molecule has 0 aliphatic heterocycles. The first-order valence-corrected chi connectivity index (χ1v) is 11.9. The van der Waals surface area contributed by atoms with Crippen LogP contribution < -0.4 is 0 Å². The van der Waals surface area contributed by atoms with E-state index in [2.05, 4.69) is 18.4 Å². The van der Waals surface area contributed by atoms with Crippen LogP contribution in [0.15, 0.2) is 11.5 Å². The standard InChI is InChI=1S/C17H36O3SSi/c1-5-9-10-11-12-13-15-21-16-14-17-22(18-6-2,19-7-3)20-8-4/h13,15H,5-12,14,16-17H2,1-4H3. The van der Waals surface area contributed by atoms with Gasteiger partial charge in [-0.25, -0.2) is 0 Å². The lowest BCUT2D eigenvalue weighted by Crippen LogP contribution is -2.46. The minimum Gasteiger partial charge on any atom is -0.374 e. The van der Waals surface area contributed by atoms with E-state index in [1.165, 1.54) is 32.1 Å². The van der Waals surface area contributed by atoms with Crippen LogP contribution in [0.3, 0.4) is 0 Å². The minimum atomic E-state index is -2.42. The smallest absolute Gasteiger partial charge is 0.374 e. The molecule has 132 valence electrons. The molecule has 0 aromatic rings. The largest absolute Gasteiger partial charge is 0.500 e. The van der Waals surface area contributed by atoms with Crippen LogP contribution in [0.5, 0.6) is 0 Å². The quantitative estimate of drug-likeness (QED) is 0.266. The van der Waals surface area contributed by atoms with E-state index < -0.39 is 8.80 Å². The maximum atomic E-state index is 5.86. The fraction of sp³-hybridized carbons (Fsp3) is 0.882. The van der Waals surface area contributed by atoms with Crippen molar-refractivity contribution in [2.75, 3.05) is 25.6 Å². The van der Waals surface area contributed by atoms with Gasteiger partial charge in [-0.1, -0.05) is 32.3 Å². The zero-order valence-electron chi connectivity index (χ0n) is 15.1. The van der Waals surface area contributed by atoms with Crippen LogP contribution in [-0.2, 0) is 13.3 Å². The number of hydrogen-bond donors (Lipinski definition) is 0. The number of unbranched alkanes of at least 4 members (excludes halogenated alkanes) is 4. The van der Waals surface area contributed by atoms with E-state index in [1.807, 2.05) is 32.5 Å². The SMILES string of the molecule is CCCCCCC=CSCCC[Si](OCC)(OCC)OCC. The highest BCUT2D eigenvalue weighted by molar-refractivity contribution is 8.02. The van der Waals surface area contributed by atoms with Crippen molar-refractivity contribution in [3.63, 3.8) is 0 Å². The zero-order chi connectivity index (χ0) is 16.5. The van der Waals surface area contributed by atoms with Gasteiger partial charge in [0.15, 0.2) is 0 Å². The van der Waals surface area contributed by atoms with Gasteiger partial charge in [0.25, 0.3) is 0 Å². The second kappa shape index (κ2) is 16.1. The highest BCUT2D eigenvalue weighted by Gasteiger charge is 2.39. The maximum absolute atomic E-state index is 5.86. The van der Waals surface area contributed by atoms with Gasteiger partial charge in [-0.15, -0.1) is 11.8 Å². The van der Waals surface area contributed by atoms with Gasteiger partial charge in [0.05, 0.1) is 0 Å². The van der Waals surface area contributed by atoms with Crippen molar-refractivity contribution in [3.8, 4) is 0 Å². The van der Waals surface area contributed by atoms with E-state index in [4.69, 9.17) is 13.3 Å². The monoisotopic (exact) mass is 348 g/mol. The Morgan fingerprint density at radius 1 is 0.818 bits per heavy atom. The van der Waals surface area contributed by atoms with Gasteiger partial charge in [0.2, 0.25) is 0 Å². The number of thioether (sulfide) groups is 1. The molecule has 0 aromatic heterocycles. The van der Waals surface area contributed by atoms with Crippen LogP contribution in [0.4, 0.5) is 0 Å². The molecule has 0 amide bonds. The lowest BCUT2D eigenvalue weighted by Gasteiger charge is -2.28. The Labute approximate surface area is 143 Å². The number of rotatable bonds is 16. The molecule has 0 rings (SSSR count). The van der Waals surface area contributed by atoms with E-state index >= 15 is 0 Å². The molecule has 5 heteroatoms. The summed E-state index contributed by atoms with van der Waals surface area (Å²) in [4.78, 5) is 0. The molecule has 0 heterocycles. The van der Waals surface area contributed by atoms with Gasteiger partial charge in [0, 0.05) is 25.9 Å². The normalized spacial score (nSPS) is 12.4. The Morgan fingerprint density at radius 2 is 1.45 bits per heavy atom. The molecular weight excluding hydrogens is 312 g/mol. The molecule has 22 heavy (non-hydrogen) atoms. The van der Waals surface area contributed by atoms with Crippen LogP contribution in [-0.4, -0.2) is 34.4 Å². The van der Waals surface area contributed by atoms with Crippen molar-refractivity contribution >= 4 is 20.6 Å². The van der Waals surface area contributed by atoms with Crippen LogP contribution in [0.2, 0.25) is 6.04 Å². The third-order valence-corrected chi connectivity index (χ3v) is 7.32. The summed E-state index contributed by atoms with van der Waals surface area (Å²) >= 11 is 1.89. The van der Waals surface area contributed by atoms with Gasteiger partial charge in [-0.05, 0) is 51.2 Å². The Morgan fingerprint density at radius 3 is 2.00 bits per heavy atom. The molecular formula is C17H36O3SSi. The maximum Gasteiger partial charge on any atom is 0.500 e. The molecule has 0 saturated carbocycles. The molecule has 3 nitrogen and oxygen atoms in total. The molecule has 0 atom stereocenters. The van der Waals surface area contributed by atoms with Crippen LogP contribution >= 0.6 is 11.8 Å². The first kappa shape index (κ1) is 22.2. The van der Waals surface area contributed by atoms with E-state index in [9.17, 15) is 0 Å². The second-order valence-corrected chi connectivity index (χ2v) is 8.92.